The first-order valence-electron chi connectivity index (χ1n) is 17.6. The van der Waals surface area contributed by atoms with Gasteiger partial charge in [-0.15, -0.1) is 0 Å². The van der Waals surface area contributed by atoms with Gasteiger partial charge in [-0.05, 0) is 25.7 Å². The molecule has 0 unspecified atom stereocenters. The molecule has 0 aliphatic rings. The van der Waals surface area contributed by atoms with Gasteiger partial charge in [0.05, 0.1) is 31.8 Å². The van der Waals surface area contributed by atoms with Gasteiger partial charge < -0.3 is 55.3 Å². The van der Waals surface area contributed by atoms with E-state index in [1.54, 1.807) is 0 Å². The zero-order chi connectivity index (χ0) is 32.9. The Morgan fingerprint density at radius 1 is 0.409 bits per heavy atom. The molecule has 0 aromatic rings. The fourth-order valence-electron chi connectivity index (χ4n) is 4.52. The van der Waals surface area contributed by atoms with Crippen molar-refractivity contribution in [3.8, 4) is 0 Å². The second-order valence-corrected chi connectivity index (χ2v) is 13.1. The summed E-state index contributed by atoms with van der Waals surface area (Å²) in [5, 5.41) is 33.8. The van der Waals surface area contributed by atoms with Gasteiger partial charge in [-0.1, -0.05) is 155 Å². The van der Waals surface area contributed by atoms with Crippen LogP contribution in [0.1, 0.15) is 181 Å². The first-order chi connectivity index (χ1) is 20.8. The third kappa shape index (κ3) is 45.2. The second-order valence-electron chi connectivity index (χ2n) is 12.2. The summed E-state index contributed by atoms with van der Waals surface area (Å²) < 4.78 is 0. The molecule has 0 aliphatic heterocycles. The summed E-state index contributed by atoms with van der Waals surface area (Å²) in [6.45, 7) is 2.90. The molecule has 0 heterocycles. The van der Waals surface area contributed by atoms with Crippen LogP contribution >= 0.6 is 0 Å². The Morgan fingerprint density at radius 2 is 0.591 bits per heavy atom. The van der Waals surface area contributed by atoms with E-state index in [-0.39, 0.29) is 55.7 Å². The molecule has 44 heavy (non-hydrogen) atoms. The fraction of sp³-hybridized carbons (Fsp3) is 0.943. The molecule has 0 rings (SSSR count). The number of hydrogen-bond donors (Lipinski definition) is 4. The fourth-order valence-corrected chi connectivity index (χ4v) is 4.81. The van der Waals surface area contributed by atoms with Crippen LogP contribution in [0.4, 0.5) is 0 Å². The van der Waals surface area contributed by atoms with Gasteiger partial charge in [0.2, 0.25) is 0 Å². The van der Waals surface area contributed by atoms with Crippen molar-refractivity contribution in [3.63, 3.8) is 0 Å². The Hall–Kier alpha value is 1.10. The number of hydrogen-bond acceptors (Lipinski definition) is 8. The summed E-state index contributed by atoms with van der Waals surface area (Å²) in [7, 11) is 0. The van der Waals surface area contributed by atoms with E-state index in [2.05, 4.69) is 39.1 Å². The third-order valence-corrected chi connectivity index (χ3v) is 8.22. The van der Waals surface area contributed by atoms with Crippen molar-refractivity contribution in [3.05, 3.63) is 0 Å². The van der Waals surface area contributed by atoms with E-state index >= 15 is 0 Å². The number of carbonyl (C=O) groups excluding carboxylic acids is 2. The Kier molecular flexibility index (Phi) is 52.0. The number of aliphatic hydroxyl groups excluding tert-OH is 4. The molecule has 0 aromatic carbocycles. The van der Waals surface area contributed by atoms with E-state index in [0.29, 0.717) is 12.8 Å². The van der Waals surface area contributed by atoms with Crippen molar-refractivity contribution in [1.29, 1.82) is 0 Å². The van der Waals surface area contributed by atoms with Crippen LogP contribution in [0.25, 0.3) is 0 Å². The molecule has 0 saturated carbocycles. The average Bonchev–Trinajstić information content (AvgIpc) is 3.00. The van der Waals surface area contributed by atoms with Crippen molar-refractivity contribution in [2.45, 2.75) is 181 Å². The number of carbonyl (C=O) groups is 2. The van der Waals surface area contributed by atoms with E-state index in [1.165, 1.54) is 141 Å². The quantitative estimate of drug-likeness (QED) is 0.0335. The first kappa shape index (κ1) is 51.9. The van der Waals surface area contributed by atoms with E-state index in [0.717, 1.165) is 12.8 Å². The molecule has 0 bridgehead atoms. The van der Waals surface area contributed by atoms with E-state index < -0.39 is 31.8 Å². The minimum absolute atomic E-state index is 0. The molecule has 260 valence electrons. The van der Waals surface area contributed by atoms with Gasteiger partial charge in [0.25, 0.3) is 0 Å². The smallest absolute Gasteiger partial charge is 0.742 e. The van der Waals surface area contributed by atoms with Gasteiger partial charge in [-0.2, -0.15) is 0 Å². The zero-order valence-corrected chi connectivity index (χ0v) is 34.0. The van der Waals surface area contributed by atoms with Crippen molar-refractivity contribution in [1.82, 2.24) is 0 Å². The molecule has 0 spiro atoms. The average molecular weight is 739 g/mol. The number of aliphatic hydroxyl groups is 4. The van der Waals surface area contributed by atoms with E-state index in [9.17, 15) is 9.59 Å². The maximum absolute atomic E-state index is 10.5. The largest absolute Gasteiger partial charge is 2.00 e. The minimum atomic E-state index is -1.11. The zero-order valence-electron chi connectivity index (χ0n) is 28.8. The van der Waals surface area contributed by atoms with Crippen LogP contribution in [0.5, 0.6) is 0 Å². The van der Waals surface area contributed by atoms with Gasteiger partial charge in [-0.25, -0.2) is 0 Å². The van der Waals surface area contributed by atoms with Crippen LogP contribution in [0.3, 0.4) is 0 Å². The van der Waals surface area contributed by atoms with Crippen molar-refractivity contribution in [2.24, 2.45) is 5.41 Å². The molecule has 0 fully saturated rings. The van der Waals surface area contributed by atoms with Crippen molar-refractivity contribution >= 4 is 81.0 Å². The van der Waals surface area contributed by atoms with E-state index in [4.69, 9.17) is 20.4 Å². The predicted octanol–water partition coefficient (Wildman–Crippen LogP) is 7.86. The molecule has 0 aliphatic carbocycles. The minimum Gasteiger partial charge on any atom is -0.742 e. The molecule has 0 amide bonds. The standard InChI is InChI=1S/2C15H30OS.C5H12O4.Sr/c2*1-2-3-4-5-6-7-8-9-10-11-12-13-14-15(16)17;6-1-5(2-7,3-8)4-9;/h2*2-14H2,1H3,(H,16,17);6-9H,1-4H2;/q;;;+2/p-2. The Labute approximate surface area is 320 Å². The van der Waals surface area contributed by atoms with Crippen LogP contribution in [0.15, 0.2) is 0 Å². The molecule has 4 N–H and O–H groups in total. The van der Waals surface area contributed by atoms with Gasteiger partial charge >= 0.3 is 45.5 Å². The Morgan fingerprint density at radius 3 is 0.727 bits per heavy atom. The molecule has 0 radical (unpaired) electrons. The Bertz CT molecular complexity index is 510. The van der Waals surface area contributed by atoms with Crippen LogP contribution in [-0.4, -0.2) is 103 Å². The van der Waals surface area contributed by atoms with Gasteiger partial charge in [0.15, 0.2) is 0 Å². The third-order valence-electron chi connectivity index (χ3n) is 7.81. The maximum Gasteiger partial charge on any atom is 2.00 e. The van der Waals surface area contributed by atoms with Crippen LogP contribution in [0.2, 0.25) is 0 Å². The number of rotatable bonds is 30. The van der Waals surface area contributed by atoms with E-state index in [1.807, 2.05) is 0 Å². The summed E-state index contributed by atoms with van der Waals surface area (Å²) in [4.78, 5) is 21.1. The maximum atomic E-state index is 10.5. The molecular weight excluding hydrogens is 668 g/mol. The molecule has 6 nitrogen and oxygen atoms in total. The van der Waals surface area contributed by atoms with Gasteiger partial charge in [0, 0.05) is 10.2 Å². The topological polar surface area (TPSA) is 115 Å². The summed E-state index contributed by atoms with van der Waals surface area (Å²) in [6, 6.07) is 0. The van der Waals surface area contributed by atoms with Gasteiger partial charge in [0.1, 0.15) is 0 Å². The summed E-state index contributed by atoms with van der Waals surface area (Å²) >= 11 is 9.04. The molecular formula is C35H70O6S2Sr. The molecule has 0 aromatic heterocycles. The molecule has 0 saturated heterocycles. The monoisotopic (exact) mass is 738 g/mol. The molecule has 0 atom stereocenters. The Balaban J connectivity index is -0.000000283. The van der Waals surface area contributed by atoms with Crippen molar-refractivity contribution < 1.29 is 30.0 Å². The van der Waals surface area contributed by atoms with Crippen LogP contribution in [0, 0.1) is 5.41 Å². The molecule has 9 heteroatoms. The van der Waals surface area contributed by atoms with Crippen LogP contribution in [-0.2, 0) is 34.8 Å². The summed E-state index contributed by atoms with van der Waals surface area (Å²) in [5.41, 5.74) is -1.11. The van der Waals surface area contributed by atoms with Crippen LogP contribution < -0.4 is 0 Å². The van der Waals surface area contributed by atoms with Gasteiger partial charge in [-0.3, -0.25) is 0 Å². The summed E-state index contributed by atoms with van der Waals surface area (Å²) in [6.07, 6.45) is 33.2. The van der Waals surface area contributed by atoms with Crippen molar-refractivity contribution in [2.75, 3.05) is 26.4 Å². The summed E-state index contributed by atoms with van der Waals surface area (Å²) in [5.74, 6) is 0. The second kappa shape index (κ2) is 44.1. The predicted molar refractivity (Wildman–Crippen MR) is 193 cm³/mol. The SMILES string of the molecule is CCCCCCCCCCCCCCC(=O)[S-].CCCCCCCCCCCCCCC(=O)[S-].OCC(CO)(CO)CO.[Sr+2]. The first-order valence-corrected chi connectivity index (χ1v) is 18.4. The number of unbranched alkanes of at least 4 members (excludes halogenated alkanes) is 22. The normalized spacial score (nSPS) is 10.7.